The number of nitrogens with zero attached hydrogens (tertiary/aromatic N) is 8. The number of hydrogen-bond donors (Lipinski definition) is 9. The number of ether oxygens (including phenoxy) is 13. The Morgan fingerprint density at radius 1 is 0.742 bits per heavy atom. The van der Waals surface area contributed by atoms with Gasteiger partial charge in [-0.15, -0.1) is 5.10 Å². The van der Waals surface area contributed by atoms with Crippen molar-refractivity contribution in [2.75, 3.05) is 139 Å². The fraction of sp³-hybridized carbons (Fsp3) is 0.670. The number of aromatic hydroxyl groups is 1. The van der Waals surface area contributed by atoms with E-state index in [1.54, 1.807) is 61.8 Å². The Labute approximate surface area is 749 Å². The van der Waals surface area contributed by atoms with E-state index in [9.17, 15) is 48.9 Å². The third-order valence-electron chi connectivity index (χ3n) is 24.1. The lowest BCUT2D eigenvalue weighted by Gasteiger charge is -2.43. The molecule has 5 aromatic rings. The zero-order chi connectivity index (χ0) is 92.1. The van der Waals surface area contributed by atoms with Crippen LogP contribution in [-0.2, 0) is 103 Å². The Morgan fingerprint density at radius 2 is 1.43 bits per heavy atom. The first-order valence-electron chi connectivity index (χ1n) is 45.2. The molecule has 1 aromatic carbocycles. The molecule has 2 bridgehead atoms. The summed E-state index contributed by atoms with van der Waals surface area (Å²) in [6, 6.07) is 4.75. The van der Waals surface area contributed by atoms with Crippen LogP contribution in [0.3, 0.4) is 0 Å². The molecule has 9 rings (SSSR count). The van der Waals surface area contributed by atoms with Gasteiger partial charge in [0.1, 0.15) is 60.2 Å². The van der Waals surface area contributed by atoms with Crippen molar-refractivity contribution >= 4 is 69.1 Å². The van der Waals surface area contributed by atoms with Crippen molar-refractivity contribution in [1.29, 1.82) is 0 Å². The van der Waals surface area contributed by atoms with Crippen LogP contribution in [0, 0.1) is 29.6 Å². The summed E-state index contributed by atoms with van der Waals surface area (Å²) in [7, 11) is 4.60. The van der Waals surface area contributed by atoms with Crippen molar-refractivity contribution in [2.45, 2.75) is 231 Å². The van der Waals surface area contributed by atoms with Crippen molar-refractivity contribution < 1.29 is 110 Å². The third kappa shape index (κ3) is 31.1. The SMILES string of the molecule is CCO[C@@H]1C[C@@H]([C@H](N)C[C@@H]2CC[C@H](n3cc(COC(=O)NCCOCCOCCOCCC(=O)NCCOCCOCCOCCC(=O)NCCCCn4nc(-c5cc6cc(O)ccc6[nH]5)c5c(N)ncnc54)nn3)[C@H](OC)C2)OC(=O)[C@@H]2CCCCN2C(=O)C(=O)[C@]2(O)O[C@@H](CC[C@H]2C)C[C@H](OC)/C(C)=C/C=C/C=C/[C@@H](C)C[C@@H](C)C(=O)[C@H](OC)[C@H](O)/C(C)=C/[C@H]1C. The van der Waals surface area contributed by atoms with Crippen LogP contribution >= 0.6 is 0 Å². The number of aromatic nitrogens is 8. The van der Waals surface area contributed by atoms with E-state index in [1.165, 1.54) is 18.3 Å². The van der Waals surface area contributed by atoms with Crippen molar-refractivity contribution in [2.24, 2.45) is 35.3 Å². The molecule has 4 aromatic heterocycles. The van der Waals surface area contributed by atoms with Gasteiger partial charge in [0.25, 0.3) is 11.7 Å². The van der Waals surface area contributed by atoms with Crippen LogP contribution < -0.4 is 27.4 Å². The fourth-order valence-electron chi connectivity index (χ4n) is 16.8. The number of piperidine rings is 1. The van der Waals surface area contributed by atoms with Crippen molar-refractivity contribution in [3.8, 4) is 17.1 Å². The number of Topliss-reactive ketones (excluding diaryl/α,β-unsaturated/α-hetero) is 2. The largest absolute Gasteiger partial charge is 0.508 e. The molecule has 128 heavy (non-hydrogen) atoms. The number of allylic oxidation sites excluding steroid dienone is 5. The van der Waals surface area contributed by atoms with E-state index in [0.717, 1.165) is 28.6 Å². The quantitative estimate of drug-likeness (QED) is 0.00788. The normalized spacial score (nSPS) is 26.8. The molecule has 4 aliphatic rings. The van der Waals surface area contributed by atoms with Crippen molar-refractivity contribution in [1.82, 2.24) is 60.6 Å². The maximum atomic E-state index is 15.0. The molecule has 37 nitrogen and oxygen atoms in total. The fourth-order valence-corrected chi connectivity index (χ4v) is 16.8. The number of fused-ring (bicyclic) bond motifs is 5. The van der Waals surface area contributed by atoms with Gasteiger partial charge in [-0.1, -0.05) is 69.4 Å². The first kappa shape index (κ1) is 103. The van der Waals surface area contributed by atoms with Crippen LogP contribution in [0.1, 0.15) is 163 Å². The number of alkyl carbamates (subject to hydrolysis) is 1. The number of aliphatic hydroxyl groups is 2. The number of esters is 1. The number of benzene rings is 1. The summed E-state index contributed by atoms with van der Waals surface area (Å²) < 4.78 is 79.4. The van der Waals surface area contributed by atoms with Crippen LogP contribution in [0.25, 0.3) is 33.3 Å². The molecule has 37 heteroatoms. The highest BCUT2D eigenvalue weighted by Gasteiger charge is 2.53. The van der Waals surface area contributed by atoms with Crippen LogP contribution in [0.5, 0.6) is 5.75 Å². The minimum Gasteiger partial charge on any atom is -0.508 e. The second kappa shape index (κ2) is 53.3. The average molecular weight is 1800 g/mol. The molecule has 1 aliphatic carbocycles. The number of carbonyl (C=O) groups is 7. The number of amides is 4. The molecule has 710 valence electrons. The Bertz CT molecular complexity index is 4440. The smallest absolute Gasteiger partial charge is 0.407 e. The number of phenols is 1. The number of aromatic amines is 1. The summed E-state index contributed by atoms with van der Waals surface area (Å²) in [5.74, 6) is -7.19. The molecule has 1 saturated carbocycles. The Morgan fingerprint density at radius 3 is 2.12 bits per heavy atom. The summed E-state index contributed by atoms with van der Waals surface area (Å²) in [5.41, 5.74) is 18.1. The zero-order valence-electron chi connectivity index (χ0n) is 76.1. The van der Waals surface area contributed by atoms with E-state index < -0.39 is 96.0 Å². The lowest BCUT2D eigenvalue weighted by Crippen LogP contribution is -2.61. The van der Waals surface area contributed by atoms with Gasteiger partial charge in [-0.3, -0.25) is 24.0 Å². The Hall–Kier alpha value is -9.06. The van der Waals surface area contributed by atoms with E-state index in [2.05, 4.69) is 41.2 Å². The summed E-state index contributed by atoms with van der Waals surface area (Å²) >= 11 is 0. The van der Waals surface area contributed by atoms with Crippen LogP contribution in [0.4, 0.5) is 10.6 Å². The standard InChI is InChI=1S/C91H138N14O23/c1-11-125-75-54-76(127-89(113)73-21-15-17-33-103(73)88(112)85(111)91(115)63(7)22-25-68(128-91)53-74(116-8)59(3)20-14-12-13-19-58(2)47-61(5)82(109)84(118-10)83(110)62(6)48-60(75)4)69(92)49-64-23-27-72(77(50-64)117-9)105-55-66(100-102-105)56-126-90(114)96-32-38-122-42-46-124-44-40-120-36-29-79(108)95-31-37-121-41-45-123-43-39-119-35-28-78(107)94-30-16-18-34-104-87-80(86(93)97-57-98-87)81(101-104)71-52-65-51-67(106)24-26-70(65)99-71/h12-14,19-20,24,26,48,51-52,55,57-58,60-61,63-64,68-69,72-77,83-84,99,106,110,115H,11,15-18,21-23,25,27-47,49-50,53-54,56,92H2,1-10H3,(H,94,107)(H,95,108)(H,96,114)(H2,93,97,98)/b14-12+,19-13+,59-20+,62-48+/t58-,60-,61-,63-,64+,68+,69-,72+,73+,74+,75-,76+,77-,83-,84+,91-/m1/s1. The predicted molar refractivity (Wildman–Crippen MR) is 474 cm³/mol. The first-order valence-corrected chi connectivity index (χ1v) is 45.2. The maximum absolute atomic E-state index is 15.0. The van der Waals surface area contributed by atoms with Gasteiger partial charge in [0.05, 0.1) is 127 Å². The molecule has 11 N–H and O–H groups in total. The van der Waals surface area contributed by atoms with Crippen molar-refractivity contribution in [3.63, 3.8) is 0 Å². The van der Waals surface area contributed by atoms with Gasteiger partial charge in [0, 0.05) is 121 Å². The number of H-pyrrole nitrogens is 1. The van der Waals surface area contributed by atoms with E-state index in [0.29, 0.717) is 157 Å². The number of rotatable bonds is 41. The molecule has 0 spiro atoms. The van der Waals surface area contributed by atoms with Gasteiger partial charge in [-0.2, -0.15) is 5.10 Å². The monoisotopic (exact) mass is 1800 g/mol. The number of nitrogens with one attached hydrogen (secondary N) is 4. The molecule has 2 saturated heterocycles. The summed E-state index contributed by atoms with van der Waals surface area (Å²) in [4.78, 5) is 109. The molecule has 0 unspecified atom stereocenters. The zero-order valence-corrected chi connectivity index (χ0v) is 76.1. The molecule has 3 aliphatic heterocycles. The van der Waals surface area contributed by atoms with E-state index in [4.69, 9.17) is 78.1 Å². The highest BCUT2D eigenvalue weighted by atomic mass is 16.6. The molecular weight excluding hydrogens is 1660 g/mol. The lowest BCUT2D eigenvalue weighted by molar-refractivity contribution is -0.265. The van der Waals surface area contributed by atoms with Crippen LogP contribution in [0.15, 0.2) is 84.4 Å². The summed E-state index contributed by atoms with van der Waals surface area (Å²) in [6.45, 7) is 18.1. The maximum Gasteiger partial charge on any atom is 0.407 e. The number of hydrogen-bond acceptors (Lipinski definition) is 30. The number of nitrogens with two attached hydrogens (primary N) is 2. The summed E-state index contributed by atoms with van der Waals surface area (Å²) in [6.07, 6.45) is 15.3. The minimum atomic E-state index is -2.48. The lowest BCUT2D eigenvalue weighted by atomic mass is 9.79. The van der Waals surface area contributed by atoms with Gasteiger partial charge in [-0.05, 0) is 145 Å². The van der Waals surface area contributed by atoms with Crippen LogP contribution in [-0.4, -0.2) is 295 Å². The van der Waals surface area contributed by atoms with E-state index in [1.807, 2.05) is 77.1 Å². The molecule has 3 fully saturated rings. The highest BCUT2D eigenvalue weighted by Crippen LogP contribution is 2.40. The van der Waals surface area contributed by atoms with Gasteiger partial charge in [0.15, 0.2) is 11.4 Å². The van der Waals surface area contributed by atoms with Crippen molar-refractivity contribution in [3.05, 3.63) is 90.1 Å². The summed E-state index contributed by atoms with van der Waals surface area (Å²) in [5, 5.41) is 57.4. The van der Waals surface area contributed by atoms with E-state index >= 15 is 0 Å². The molecule has 0 radical (unpaired) electrons. The molecule has 16 atom stereocenters. The minimum absolute atomic E-state index is 0.00490. The third-order valence-corrected chi connectivity index (χ3v) is 24.1. The number of ketones is 2. The second-order valence-electron chi connectivity index (χ2n) is 33.7. The Balaban J connectivity index is 0.626. The number of anilines is 1. The number of aliphatic hydroxyl groups excluding tert-OH is 1. The number of aryl methyl sites for hydroxylation is 1. The Kier molecular flexibility index (Phi) is 42.8. The number of methoxy groups -OCH3 is 3. The van der Waals surface area contributed by atoms with Gasteiger partial charge >= 0.3 is 12.1 Å². The highest BCUT2D eigenvalue weighted by molar-refractivity contribution is 6.39. The first-order chi connectivity index (χ1) is 61.7. The topological polar surface area (TPSA) is 482 Å². The average Bonchev–Trinajstić information content (AvgIpc) is 1.53. The number of cyclic esters (lactones) is 1. The van der Waals surface area contributed by atoms with Gasteiger partial charge in [0.2, 0.25) is 17.6 Å². The van der Waals surface area contributed by atoms with Gasteiger partial charge in [-0.25, -0.2) is 28.9 Å². The van der Waals surface area contributed by atoms with Gasteiger partial charge < -0.3 is 114 Å². The molecule has 4 amide bonds. The number of unbranched alkanes of at least 4 members (excludes halogenated alkanes) is 1. The molecule has 7 heterocycles. The van der Waals surface area contributed by atoms with Crippen LogP contribution in [0.2, 0.25) is 0 Å². The number of carbonyl (C=O) groups excluding carboxylic acids is 7. The van der Waals surface area contributed by atoms with E-state index in [-0.39, 0.29) is 145 Å². The number of nitrogen functional groups attached to an aromatic ring is 1. The number of phenolic OH excluding ortho intramolecular Hbond substituents is 1. The second-order valence-corrected chi connectivity index (χ2v) is 33.7. The molecular formula is C91H138N14O23. The predicted octanol–water partition coefficient (Wildman–Crippen LogP) is 7.57.